The maximum Gasteiger partial charge on any atom is 0.325 e. The molecular formula is C12H22N2O5S. The molecule has 1 heterocycles. The lowest BCUT2D eigenvalue weighted by atomic mass is 10.0. The van der Waals surface area contributed by atoms with Gasteiger partial charge >= 0.3 is 5.97 Å². The minimum atomic E-state index is -3.46. The summed E-state index contributed by atoms with van der Waals surface area (Å²) < 4.78 is 25.5. The molecule has 2 N–H and O–H groups in total. The summed E-state index contributed by atoms with van der Waals surface area (Å²) in [6, 6.07) is -1.82. The topological polar surface area (TPSA) is 104 Å². The first kappa shape index (κ1) is 16.9. The third-order valence-electron chi connectivity index (χ3n) is 3.30. The third kappa shape index (κ3) is 4.17. The molecule has 1 saturated heterocycles. The van der Waals surface area contributed by atoms with Gasteiger partial charge in [-0.15, -0.1) is 0 Å². The van der Waals surface area contributed by atoms with Crippen LogP contribution in [0.2, 0.25) is 0 Å². The van der Waals surface area contributed by atoms with Crippen molar-refractivity contribution in [3.8, 4) is 0 Å². The average molecular weight is 306 g/mol. The number of sulfonamides is 1. The Balaban J connectivity index is 2.84. The molecule has 0 saturated carbocycles. The molecule has 7 nitrogen and oxygen atoms in total. The van der Waals surface area contributed by atoms with Crippen LogP contribution in [-0.4, -0.2) is 54.1 Å². The maximum absolute atomic E-state index is 12.1. The first-order valence-electron chi connectivity index (χ1n) is 6.82. The molecule has 116 valence electrons. The molecule has 0 bridgehead atoms. The SMILES string of the molecule is CCCS(=O)(=O)N1CCCCC1C(=O)N[C@H](C)C(=O)O. The second-order valence-corrected chi connectivity index (χ2v) is 7.05. The number of hydrogen-bond donors (Lipinski definition) is 2. The fourth-order valence-corrected chi connectivity index (χ4v) is 3.99. The number of nitrogens with one attached hydrogen (secondary N) is 1. The van der Waals surface area contributed by atoms with E-state index in [4.69, 9.17) is 5.11 Å². The molecular weight excluding hydrogens is 284 g/mol. The number of hydrogen-bond acceptors (Lipinski definition) is 4. The van der Waals surface area contributed by atoms with Crippen LogP contribution in [0.5, 0.6) is 0 Å². The first-order valence-corrected chi connectivity index (χ1v) is 8.43. The van der Waals surface area contributed by atoms with Gasteiger partial charge in [0.2, 0.25) is 15.9 Å². The Bertz CT molecular complexity index is 462. The zero-order chi connectivity index (χ0) is 15.3. The molecule has 1 rings (SSSR count). The van der Waals surface area contributed by atoms with Crippen LogP contribution < -0.4 is 5.32 Å². The van der Waals surface area contributed by atoms with Crippen LogP contribution >= 0.6 is 0 Å². The Morgan fingerprint density at radius 2 is 2.05 bits per heavy atom. The first-order chi connectivity index (χ1) is 9.29. The Labute approximate surface area is 119 Å². The summed E-state index contributed by atoms with van der Waals surface area (Å²) in [6.45, 7) is 3.44. The molecule has 0 aromatic carbocycles. The Morgan fingerprint density at radius 1 is 1.40 bits per heavy atom. The van der Waals surface area contributed by atoms with Crippen molar-refractivity contribution in [3.05, 3.63) is 0 Å². The zero-order valence-corrected chi connectivity index (χ0v) is 12.6. The summed E-state index contributed by atoms with van der Waals surface area (Å²) in [7, 11) is -3.46. The molecule has 0 radical (unpaired) electrons. The summed E-state index contributed by atoms with van der Waals surface area (Å²) in [5.74, 6) is -1.66. The van der Waals surface area contributed by atoms with E-state index in [1.807, 2.05) is 0 Å². The highest BCUT2D eigenvalue weighted by Gasteiger charge is 2.36. The van der Waals surface area contributed by atoms with Crippen LogP contribution in [0.15, 0.2) is 0 Å². The van der Waals surface area contributed by atoms with Crippen molar-refractivity contribution in [1.82, 2.24) is 9.62 Å². The highest BCUT2D eigenvalue weighted by Crippen LogP contribution is 2.21. The lowest BCUT2D eigenvalue weighted by Gasteiger charge is -2.34. The van der Waals surface area contributed by atoms with Gasteiger partial charge in [-0.3, -0.25) is 9.59 Å². The van der Waals surface area contributed by atoms with Crippen molar-refractivity contribution in [3.63, 3.8) is 0 Å². The van der Waals surface area contributed by atoms with Crippen LogP contribution in [0, 0.1) is 0 Å². The van der Waals surface area contributed by atoms with Gasteiger partial charge in [-0.25, -0.2) is 8.42 Å². The number of carbonyl (C=O) groups excluding carboxylic acids is 1. The van der Waals surface area contributed by atoms with Crippen molar-refractivity contribution >= 4 is 21.9 Å². The standard InChI is InChI=1S/C12H22N2O5S/c1-3-8-20(18,19)14-7-5-4-6-10(14)11(15)13-9(2)12(16)17/h9-10H,3-8H2,1-2H3,(H,13,15)(H,16,17)/t9-,10?/m1/s1. The monoisotopic (exact) mass is 306 g/mol. The minimum Gasteiger partial charge on any atom is -0.480 e. The van der Waals surface area contributed by atoms with Crippen molar-refractivity contribution in [2.75, 3.05) is 12.3 Å². The van der Waals surface area contributed by atoms with Crippen LogP contribution in [0.1, 0.15) is 39.5 Å². The lowest BCUT2D eigenvalue weighted by molar-refractivity contribution is -0.142. The van der Waals surface area contributed by atoms with E-state index >= 15 is 0 Å². The summed E-state index contributed by atoms with van der Waals surface area (Å²) in [6.07, 6.45) is 2.40. The molecule has 1 fully saturated rings. The van der Waals surface area contributed by atoms with Gasteiger partial charge in [0, 0.05) is 6.54 Å². The molecule has 0 aromatic heterocycles. The number of aliphatic carboxylic acids is 1. The predicted molar refractivity (Wildman–Crippen MR) is 73.7 cm³/mol. The molecule has 8 heteroatoms. The predicted octanol–water partition coefficient (Wildman–Crippen LogP) is 0.170. The number of carboxylic acids is 1. The second-order valence-electron chi connectivity index (χ2n) is 5.01. The summed E-state index contributed by atoms with van der Waals surface area (Å²) in [5.41, 5.74) is 0. The summed E-state index contributed by atoms with van der Waals surface area (Å²) in [5, 5.41) is 11.1. The molecule has 2 atom stereocenters. The van der Waals surface area contributed by atoms with Crippen molar-refractivity contribution in [2.24, 2.45) is 0 Å². The smallest absolute Gasteiger partial charge is 0.325 e. The number of nitrogens with zero attached hydrogens (tertiary/aromatic N) is 1. The summed E-state index contributed by atoms with van der Waals surface area (Å²) in [4.78, 5) is 22.8. The van der Waals surface area contributed by atoms with E-state index in [2.05, 4.69) is 5.32 Å². The van der Waals surface area contributed by atoms with Crippen molar-refractivity contribution in [2.45, 2.75) is 51.6 Å². The Hall–Kier alpha value is -1.15. The van der Waals surface area contributed by atoms with E-state index in [9.17, 15) is 18.0 Å². The maximum atomic E-state index is 12.1. The zero-order valence-electron chi connectivity index (χ0n) is 11.8. The lowest BCUT2D eigenvalue weighted by Crippen LogP contribution is -2.54. The van der Waals surface area contributed by atoms with Gasteiger partial charge in [0.1, 0.15) is 12.1 Å². The second kappa shape index (κ2) is 7.03. The molecule has 1 aliphatic rings. The normalized spacial score (nSPS) is 22.2. The molecule has 1 aliphatic heterocycles. The van der Waals surface area contributed by atoms with Gasteiger partial charge in [-0.05, 0) is 26.2 Å². The average Bonchev–Trinajstić information content (AvgIpc) is 2.38. The van der Waals surface area contributed by atoms with Crippen molar-refractivity contribution in [1.29, 1.82) is 0 Å². The van der Waals surface area contributed by atoms with Crippen LogP contribution in [0.25, 0.3) is 0 Å². The molecule has 0 spiro atoms. The van der Waals surface area contributed by atoms with Gasteiger partial charge in [-0.2, -0.15) is 4.31 Å². The summed E-state index contributed by atoms with van der Waals surface area (Å²) >= 11 is 0. The third-order valence-corrected chi connectivity index (χ3v) is 5.38. The molecule has 0 aromatic rings. The van der Waals surface area contributed by atoms with Crippen LogP contribution in [-0.2, 0) is 19.6 Å². The van der Waals surface area contributed by atoms with Gasteiger partial charge in [0.25, 0.3) is 0 Å². The number of amides is 1. The van der Waals surface area contributed by atoms with Gasteiger partial charge < -0.3 is 10.4 Å². The molecule has 1 amide bonds. The number of rotatable bonds is 6. The fraction of sp³-hybridized carbons (Fsp3) is 0.833. The van der Waals surface area contributed by atoms with E-state index in [1.165, 1.54) is 11.2 Å². The minimum absolute atomic E-state index is 0.00522. The quantitative estimate of drug-likeness (QED) is 0.728. The van der Waals surface area contributed by atoms with Crippen LogP contribution in [0.3, 0.4) is 0 Å². The van der Waals surface area contributed by atoms with Gasteiger partial charge in [0.15, 0.2) is 0 Å². The molecule has 0 aliphatic carbocycles. The van der Waals surface area contributed by atoms with Gasteiger partial charge in [0.05, 0.1) is 5.75 Å². The number of piperidine rings is 1. The van der Waals surface area contributed by atoms with E-state index in [0.717, 1.165) is 12.8 Å². The molecule has 20 heavy (non-hydrogen) atoms. The Morgan fingerprint density at radius 3 is 2.60 bits per heavy atom. The van der Waals surface area contributed by atoms with E-state index in [0.29, 0.717) is 19.4 Å². The highest BCUT2D eigenvalue weighted by molar-refractivity contribution is 7.89. The largest absolute Gasteiger partial charge is 0.480 e. The fourth-order valence-electron chi connectivity index (χ4n) is 2.25. The molecule has 1 unspecified atom stereocenters. The highest BCUT2D eigenvalue weighted by atomic mass is 32.2. The van der Waals surface area contributed by atoms with E-state index < -0.39 is 34.0 Å². The Kier molecular flexibility index (Phi) is 5.94. The number of carbonyl (C=O) groups is 2. The number of carboxylic acid groups (broad SMARTS) is 1. The van der Waals surface area contributed by atoms with E-state index in [1.54, 1.807) is 6.92 Å². The van der Waals surface area contributed by atoms with E-state index in [-0.39, 0.29) is 5.75 Å². The van der Waals surface area contributed by atoms with Crippen molar-refractivity contribution < 1.29 is 23.1 Å². The van der Waals surface area contributed by atoms with Gasteiger partial charge in [-0.1, -0.05) is 13.3 Å². The van der Waals surface area contributed by atoms with Crippen LogP contribution in [0.4, 0.5) is 0 Å².